The average molecular weight is 268 g/mol. The zero-order valence-electron chi connectivity index (χ0n) is 12.1. The number of hydrogen-bond donors (Lipinski definition) is 2. The molecule has 3 nitrogen and oxygen atoms in total. The van der Waals surface area contributed by atoms with Gasteiger partial charge in [-0.05, 0) is 48.2 Å². The minimum atomic E-state index is -0.143. The molecule has 0 fully saturated rings. The lowest BCUT2D eigenvalue weighted by atomic mass is 10.0. The first-order valence-electron chi connectivity index (χ1n) is 6.75. The van der Waals surface area contributed by atoms with Crippen molar-refractivity contribution in [3.05, 3.63) is 59.2 Å². The molecule has 2 aromatic carbocycles. The second-order valence-corrected chi connectivity index (χ2v) is 5.32. The standard InChI is InChI=1S/C17H20N2O/c1-11(2)13-5-7-14(8-6-13)17(20)19-16-9-4-12(3)10-15(16)18/h4-11H,18H2,1-3H3,(H,19,20). The van der Waals surface area contributed by atoms with Gasteiger partial charge in [0.05, 0.1) is 11.4 Å². The Labute approximate surface area is 119 Å². The number of amides is 1. The molecule has 2 rings (SSSR count). The first-order chi connectivity index (χ1) is 9.47. The van der Waals surface area contributed by atoms with E-state index in [1.807, 2.05) is 49.4 Å². The van der Waals surface area contributed by atoms with Crippen LogP contribution >= 0.6 is 0 Å². The van der Waals surface area contributed by atoms with E-state index in [1.54, 1.807) is 0 Å². The third-order valence-corrected chi connectivity index (χ3v) is 3.29. The SMILES string of the molecule is Cc1ccc(NC(=O)c2ccc(C(C)C)cc2)c(N)c1. The van der Waals surface area contributed by atoms with Crippen LogP contribution in [0.15, 0.2) is 42.5 Å². The summed E-state index contributed by atoms with van der Waals surface area (Å²) in [4.78, 5) is 12.2. The normalized spacial score (nSPS) is 10.6. The van der Waals surface area contributed by atoms with Crippen molar-refractivity contribution in [3.63, 3.8) is 0 Å². The van der Waals surface area contributed by atoms with Crippen LogP contribution in [0.2, 0.25) is 0 Å². The zero-order valence-corrected chi connectivity index (χ0v) is 12.1. The van der Waals surface area contributed by atoms with Gasteiger partial charge in [-0.3, -0.25) is 4.79 Å². The Bertz CT molecular complexity index is 615. The number of carbonyl (C=O) groups excluding carboxylic acids is 1. The lowest BCUT2D eigenvalue weighted by Crippen LogP contribution is -2.13. The van der Waals surface area contributed by atoms with Crippen molar-refractivity contribution in [1.82, 2.24) is 0 Å². The monoisotopic (exact) mass is 268 g/mol. The minimum absolute atomic E-state index is 0.143. The number of nitrogen functional groups attached to an aromatic ring is 1. The molecular weight excluding hydrogens is 248 g/mol. The molecule has 0 saturated carbocycles. The molecule has 104 valence electrons. The van der Waals surface area contributed by atoms with Crippen molar-refractivity contribution in [3.8, 4) is 0 Å². The summed E-state index contributed by atoms with van der Waals surface area (Å²) in [5, 5.41) is 2.84. The highest BCUT2D eigenvalue weighted by atomic mass is 16.1. The molecular formula is C17H20N2O. The Morgan fingerprint density at radius 2 is 1.75 bits per heavy atom. The van der Waals surface area contributed by atoms with Crippen LogP contribution in [0.25, 0.3) is 0 Å². The molecule has 0 aliphatic carbocycles. The maximum Gasteiger partial charge on any atom is 0.255 e. The Morgan fingerprint density at radius 3 is 2.30 bits per heavy atom. The summed E-state index contributed by atoms with van der Waals surface area (Å²) in [6, 6.07) is 13.2. The van der Waals surface area contributed by atoms with E-state index < -0.39 is 0 Å². The van der Waals surface area contributed by atoms with Crippen LogP contribution in [0.1, 0.15) is 41.3 Å². The number of nitrogens with two attached hydrogens (primary N) is 1. The topological polar surface area (TPSA) is 55.1 Å². The largest absolute Gasteiger partial charge is 0.397 e. The summed E-state index contributed by atoms with van der Waals surface area (Å²) in [7, 11) is 0. The van der Waals surface area contributed by atoms with Crippen LogP contribution < -0.4 is 11.1 Å². The molecule has 0 radical (unpaired) electrons. The summed E-state index contributed by atoms with van der Waals surface area (Å²) in [5.41, 5.74) is 10.0. The van der Waals surface area contributed by atoms with Gasteiger partial charge < -0.3 is 11.1 Å². The highest BCUT2D eigenvalue weighted by Crippen LogP contribution is 2.21. The van der Waals surface area contributed by atoms with Gasteiger partial charge in [-0.25, -0.2) is 0 Å². The Kier molecular flexibility index (Phi) is 4.08. The summed E-state index contributed by atoms with van der Waals surface area (Å²) in [5.74, 6) is 0.315. The molecule has 1 amide bonds. The summed E-state index contributed by atoms with van der Waals surface area (Å²) < 4.78 is 0. The van der Waals surface area contributed by atoms with E-state index in [2.05, 4.69) is 19.2 Å². The lowest BCUT2D eigenvalue weighted by Gasteiger charge is -2.10. The smallest absolute Gasteiger partial charge is 0.255 e. The van der Waals surface area contributed by atoms with Crippen molar-refractivity contribution in [1.29, 1.82) is 0 Å². The summed E-state index contributed by atoms with van der Waals surface area (Å²) in [6.07, 6.45) is 0. The van der Waals surface area contributed by atoms with Crippen molar-refractivity contribution in [2.24, 2.45) is 0 Å². The third-order valence-electron chi connectivity index (χ3n) is 3.29. The first-order valence-corrected chi connectivity index (χ1v) is 6.75. The molecule has 0 bridgehead atoms. The number of aryl methyl sites for hydroxylation is 1. The van der Waals surface area contributed by atoms with E-state index in [0.717, 1.165) is 5.56 Å². The second kappa shape index (κ2) is 5.78. The molecule has 2 aromatic rings. The molecule has 0 unspecified atom stereocenters. The van der Waals surface area contributed by atoms with E-state index in [1.165, 1.54) is 5.56 Å². The van der Waals surface area contributed by atoms with Gasteiger partial charge >= 0.3 is 0 Å². The molecule has 0 atom stereocenters. The number of rotatable bonds is 3. The van der Waals surface area contributed by atoms with Gasteiger partial charge in [0.2, 0.25) is 0 Å². The maximum absolute atomic E-state index is 12.2. The van der Waals surface area contributed by atoms with Crippen molar-refractivity contribution in [2.75, 3.05) is 11.1 Å². The molecule has 0 aliphatic heterocycles. The first kappa shape index (κ1) is 14.1. The zero-order chi connectivity index (χ0) is 14.7. The maximum atomic E-state index is 12.2. The van der Waals surface area contributed by atoms with E-state index >= 15 is 0 Å². The molecule has 0 aliphatic rings. The van der Waals surface area contributed by atoms with Gasteiger partial charge in [0.15, 0.2) is 0 Å². The quantitative estimate of drug-likeness (QED) is 0.828. The van der Waals surface area contributed by atoms with Gasteiger partial charge in [0, 0.05) is 5.56 Å². The van der Waals surface area contributed by atoms with Crippen molar-refractivity contribution in [2.45, 2.75) is 26.7 Å². The number of hydrogen-bond acceptors (Lipinski definition) is 2. The molecule has 0 heterocycles. The average Bonchev–Trinajstić information content (AvgIpc) is 2.42. The van der Waals surface area contributed by atoms with E-state index in [4.69, 9.17) is 5.73 Å². The fraction of sp³-hybridized carbons (Fsp3) is 0.235. The molecule has 0 spiro atoms. The molecule has 0 saturated heterocycles. The summed E-state index contributed by atoms with van der Waals surface area (Å²) in [6.45, 7) is 6.22. The van der Waals surface area contributed by atoms with Crippen LogP contribution in [-0.2, 0) is 0 Å². The van der Waals surface area contributed by atoms with Crippen LogP contribution in [0.4, 0.5) is 11.4 Å². The fourth-order valence-electron chi connectivity index (χ4n) is 2.01. The Hall–Kier alpha value is -2.29. The van der Waals surface area contributed by atoms with Crippen LogP contribution in [0.5, 0.6) is 0 Å². The molecule has 3 heteroatoms. The van der Waals surface area contributed by atoms with Gasteiger partial charge in [0.25, 0.3) is 5.91 Å². The molecule has 0 aromatic heterocycles. The Balaban J connectivity index is 2.15. The van der Waals surface area contributed by atoms with Crippen LogP contribution in [-0.4, -0.2) is 5.91 Å². The Morgan fingerprint density at radius 1 is 1.10 bits per heavy atom. The van der Waals surface area contributed by atoms with Gasteiger partial charge in [-0.2, -0.15) is 0 Å². The van der Waals surface area contributed by atoms with Gasteiger partial charge in [-0.15, -0.1) is 0 Å². The minimum Gasteiger partial charge on any atom is -0.397 e. The fourth-order valence-corrected chi connectivity index (χ4v) is 2.01. The van der Waals surface area contributed by atoms with E-state index in [9.17, 15) is 4.79 Å². The molecule has 3 N–H and O–H groups in total. The predicted molar refractivity (Wildman–Crippen MR) is 84.1 cm³/mol. The van der Waals surface area contributed by atoms with E-state index in [-0.39, 0.29) is 5.91 Å². The number of carbonyl (C=O) groups is 1. The van der Waals surface area contributed by atoms with Gasteiger partial charge in [-0.1, -0.05) is 32.0 Å². The lowest BCUT2D eigenvalue weighted by molar-refractivity contribution is 0.102. The molecule has 20 heavy (non-hydrogen) atoms. The van der Waals surface area contributed by atoms with Crippen molar-refractivity contribution < 1.29 is 4.79 Å². The predicted octanol–water partition coefficient (Wildman–Crippen LogP) is 3.95. The van der Waals surface area contributed by atoms with E-state index in [0.29, 0.717) is 22.9 Å². The highest BCUT2D eigenvalue weighted by molar-refractivity contribution is 6.05. The third kappa shape index (κ3) is 3.18. The van der Waals surface area contributed by atoms with Crippen molar-refractivity contribution >= 4 is 17.3 Å². The van der Waals surface area contributed by atoms with Crippen LogP contribution in [0, 0.1) is 6.92 Å². The second-order valence-electron chi connectivity index (χ2n) is 5.32. The number of anilines is 2. The highest BCUT2D eigenvalue weighted by Gasteiger charge is 2.08. The number of nitrogens with one attached hydrogen (secondary N) is 1. The summed E-state index contributed by atoms with van der Waals surface area (Å²) >= 11 is 0. The number of benzene rings is 2. The van der Waals surface area contributed by atoms with Gasteiger partial charge in [0.1, 0.15) is 0 Å². The van der Waals surface area contributed by atoms with Crippen LogP contribution in [0.3, 0.4) is 0 Å².